The Bertz CT molecular complexity index is 535. The Hall–Kier alpha value is -1.58. The van der Waals surface area contributed by atoms with Gasteiger partial charge in [-0.25, -0.2) is 0 Å². The fraction of sp³-hybridized carbons (Fsp3) is 0.647. The Balaban J connectivity index is 2.11. The van der Waals surface area contributed by atoms with Crippen LogP contribution in [0, 0.1) is 11.3 Å². The lowest BCUT2D eigenvalue weighted by Gasteiger charge is -2.27. The number of ether oxygens (including phenoxy) is 1. The van der Waals surface area contributed by atoms with Gasteiger partial charge in [-0.15, -0.1) is 0 Å². The van der Waals surface area contributed by atoms with Crippen LogP contribution in [0.2, 0.25) is 0 Å². The zero-order valence-electron chi connectivity index (χ0n) is 13.8. The molecule has 1 aliphatic carbocycles. The van der Waals surface area contributed by atoms with E-state index in [1.165, 1.54) is 0 Å². The molecule has 1 fully saturated rings. The Kier molecular flexibility index (Phi) is 3.77. The van der Waals surface area contributed by atoms with Crippen LogP contribution in [0.4, 0.5) is 0 Å². The molecule has 4 nitrogen and oxygen atoms in total. The van der Waals surface area contributed by atoms with Crippen molar-refractivity contribution in [3.63, 3.8) is 0 Å². The summed E-state index contributed by atoms with van der Waals surface area (Å²) in [6, 6.07) is 0. The van der Waals surface area contributed by atoms with Crippen molar-refractivity contribution in [2.75, 3.05) is 7.05 Å². The normalized spacial score (nSPS) is 24.4. The predicted octanol–water partition coefficient (Wildman–Crippen LogP) is 3.05. The van der Waals surface area contributed by atoms with Gasteiger partial charge in [-0.3, -0.25) is 9.59 Å². The lowest BCUT2D eigenvalue weighted by atomic mass is 9.74. The minimum absolute atomic E-state index is 0.144. The number of likely N-dealkylation sites (tertiary alicyclic amines) is 1. The lowest BCUT2D eigenvalue weighted by Crippen LogP contribution is -2.29. The zero-order chi connectivity index (χ0) is 16.0. The Morgan fingerprint density at radius 1 is 1.38 bits per heavy atom. The van der Waals surface area contributed by atoms with E-state index in [1.54, 1.807) is 4.90 Å². The first-order valence-electron chi connectivity index (χ1n) is 7.42. The van der Waals surface area contributed by atoms with Crippen LogP contribution >= 0.6 is 0 Å². The summed E-state index contributed by atoms with van der Waals surface area (Å²) >= 11 is 0. The summed E-state index contributed by atoms with van der Waals surface area (Å²) in [7, 11) is 1.82. The molecule has 0 aromatic carbocycles. The molecule has 0 aromatic heterocycles. The topological polar surface area (TPSA) is 46.6 Å². The molecule has 116 valence electrons. The van der Waals surface area contributed by atoms with E-state index in [0.717, 1.165) is 17.7 Å². The van der Waals surface area contributed by atoms with E-state index >= 15 is 0 Å². The van der Waals surface area contributed by atoms with Gasteiger partial charge in [-0.2, -0.15) is 0 Å². The van der Waals surface area contributed by atoms with Gasteiger partial charge in [0.15, 0.2) is 0 Å². The van der Waals surface area contributed by atoms with Crippen LogP contribution in [-0.2, 0) is 14.3 Å². The number of rotatable bonds is 2. The second-order valence-corrected chi connectivity index (χ2v) is 7.52. The van der Waals surface area contributed by atoms with Crippen LogP contribution in [0.3, 0.4) is 0 Å². The van der Waals surface area contributed by atoms with E-state index in [0.29, 0.717) is 6.42 Å². The van der Waals surface area contributed by atoms with Crippen molar-refractivity contribution < 1.29 is 14.3 Å². The smallest absolute Gasteiger partial charge is 0.310 e. The molecule has 0 N–H and O–H groups in total. The third-order valence-electron chi connectivity index (χ3n) is 4.22. The van der Waals surface area contributed by atoms with Crippen molar-refractivity contribution in [1.29, 1.82) is 0 Å². The number of hydrogen-bond acceptors (Lipinski definition) is 3. The monoisotopic (exact) mass is 291 g/mol. The van der Waals surface area contributed by atoms with E-state index in [-0.39, 0.29) is 17.8 Å². The standard InChI is InChI=1S/C17H25NO3/c1-16(2,3)21-14(19)10-11-7-8-13-12(9-11)17(4,5)15(20)18(13)6/h7-8,12H,9-10H2,1-6H3. The number of esters is 1. The second-order valence-electron chi connectivity index (χ2n) is 7.52. The van der Waals surface area contributed by atoms with Gasteiger partial charge in [-0.05, 0) is 33.3 Å². The Morgan fingerprint density at radius 3 is 2.57 bits per heavy atom. The van der Waals surface area contributed by atoms with Gasteiger partial charge in [0, 0.05) is 18.7 Å². The fourth-order valence-corrected chi connectivity index (χ4v) is 3.12. The first-order chi connectivity index (χ1) is 9.52. The number of carbonyl (C=O) groups excluding carboxylic acids is 2. The van der Waals surface area contributed by atoms with E-state index < -0.39 is 11.0 Å². The highest BCUT2D eigenvalue weighted by molar-refractivity contribution is 5.88. The predicted molar refractivity (Wildman–Crippen MR) is 81.3 cm³/mol. The summed E-state index contributed by atoms with van der Waals surface area (Å²) in [6.07, 6.45) is 4.97. The summed E-state index contributed by atoms with van der Waals surface area (Å²) in [5, 5.41) is 0. The highest BCUT2D eigenvalue weighted by Crippen LogP contribution is 2.48. The summed E-state index contributed by atoms with van der Waals surface area (Å²) in [5.41, 5.74) is 1.22. The molecule has 21 heavy (non-hydrogen) atoms. The molecule has 2 aliphatic rings. The van der Waals surface area contributed by atoms with Crippen LogP contribution in [0.15, 0.2) is 23.4 Å². The fourth-order valence-electron chi connectivity index (χ4n) is 3.12. The summed E-state index contributed by atoms with van der Waals surface area (Å²) in [5.74, 6) is 0.0872. The number of fused-ring (bicyclic) bond motifs is 1. The molecule has 2 rings (SSSR count). The van der Waals surface area contributed by atoms with Crippen LogP contribution in [-0.4, -0.2) is 29.4 Å². The van der Waals surface area contributed by atoms with Crippen LogP contribution in [0.1, 0.15) is 47.5 Å². The average Bonchev–Trinajstić information content (AvgIpc) is 2.49. The maximum Gasteiger partial charge on any atom is 0.310 e. The summed E-state index contributed by atoms with van der Waals surface area (Å²) in [4.78, 5) is 26.0. The van der Waals surface area contributed by atoms with Gasteiger partial charge < -0.3 is 9.64 Å². The molecule has 1 atom stereocenters. The minimum Gasteiger partial charge on any atom is -0.460 e. The molecule has 1 amide bonds. The van der Waals surface area contributed by atoms with Gasteiger partial charge in [0.25, 0.3) is 0 Å². The number of allylic oxidation sites excluding steroid dienone is 3. The van der Waals surface area contributed by atoms with E-state index in [1.807, 2.05) is 53.8 Å². The van der Waals surface area contributed by atoms with Gasteiger partial charge >= 0.3 is 5.97 Å². The highest BCUT2D eigenvalue weighted by atomic mass is 16.6. The molecular formula is C17H25NO3. The van der Waals surface area contributed by atoms with Gasteiger partial charge in [0.2, 0.25) is 5.91 Å². The van der Waals surface area contributed by atoms with Crippen molar-refractivity contribution >= 4 is 11.9 Å². The average molecular weight is 291 g/mol. The molecule has 1 saturated heterocycles. The molecule has 0 radical (unpaired) electrons. The molecule has 1 unspecified atom stereocenters. The quantitative estimate of drug-likeness (QED) is 0.735. The molecule has 1 heterocycles. The van der Waals surface area contributed by atoms with Crippen molar-refractivity contribution in [1.82, 2.24) is 4.90 Å². The van der Waals surface area contributed by atoms with Gasteiger partial charge in [0.1, 0.15) is 5.60 Å². The zero-order valence-corrected chi connectivity index (χ0v) is 13.8. The molecule has 0 saturated carbocycles. The van der Waals surface area contributed by atoms with E-state index in [4.69, 9.17) is 4.74 Å². The van der Waals surface area contributed by atoms with Gasteiger partial charge in [-0.1, -0.05) is 25.5 Å². The number of hydrogen-bond donors (Lipinski definition) is 0. The maximum absolute atomic E-state index is 12.3. The maximum atomic E-state index is 12.3. The molecular weight excluding hydrogens is 266 g/mol. The van der Waals surface area contributed by atoms with Gasteiger partial charge in [0.05, 0.1) is 11.8 Å². The third kappa shape index (κ3) is 3.04. The highest BCUT2D eigenvalue weighted by Gasteiger charge is 2.49. The summed E-state index contributed by atoms with van der Waals surface area (Å²) < 4.78 is 5.37. The van der Waals surface area contributed by atoms with Crippen molar-refractivity contribution in [2.24, 2.45) is 11.3 Å². The number of carbonyl (C=O) groups is 2. The molecule has 0 bridgehead atoms. The molecule has 0 aromatic rings. The molecule has 1 aliphatic heterocycles. The van der Waals surface area contributed by atoms with Crippen molar-refractivity contribution in [3.05, 3.63) is 23.4 Å². The number of nitrogens with zero attached hydrogens (tertiary/aromatic N) is 1. The first kappa shape index (κ1) is 15.8. The van der Waals surface area contributed by atoms with Crippen LogP contribution in [0.5, 0.6) is 0 Å². The summed E-state index contributed by atoms with van der Waals surface area (Å²) in [6.45, 7) is 9.56. The SMILES string of the molecule is CN1C(=O)C(C)(C)C2CC(CC(=O)OC(C)(C)C)=CC=C21. The lowest BCUT2D eigenvalue weighted by molar-refractivity contribution is -0.153. The van der Waals surface area contributed by atoms with E-state index in [2.05, 4.69) is 0 Å². The van der Waals surface area contributed by atoms with E-state index in [9.17, 15) is 9.59 Å². The Labute approximate surface area is 126 Å². The van der Waals surface area contributed by atoms with Crippen LogP contribution in [0.25, 0.3) is 0 Å². The third-order valence-corrected chi connectivity index (χ3v) is 4.22. The second kappa shape index (κ2) is 5.00. The molecule has 0 spiro atoms. The number of amides is 1. The Morgan fingerprint density at radius 2 is 2.00 bits per heavy atom. The van der Waals surface area contributed by atoms with Crippen molar-refractivity contribution in [3.8, 4) is 0 Å². The molecule has 4 heteroatoms. The first-order valence-corrected chi connectivity index (χ1v) is 7.42. The van der Waals surface area contributed by atoms with Crippen LogP contribution < -0.4 is 0 Å². The minimum atomic E-state index is -0.462. The largest absolute Gasteiger partial charge is 0.460 e. The van der Waals surface area contributed by atoms with Crippen molar-refractivity contribution in [2.45, 2.75) is 53.1 Å².